The third kappa shape index (κ3) is 5.92. The Balaban J connectivity index is 1.40. The first-order chi connectivity index (χ1) is 16.4. The first-order valence-corrected chi connectivity index (χ1v) is 12.9. The number of piperazine rings is 1. The number of benzene rings is 3. The van der Waals surface area contributed by atoms with Crippen molar-refractivity contribution in [3.63, 3.8) is 0 Å². The van der Waals surface area contributed by atoms with E-state index in [2.05, 4.69) is 10.2 Å². The molecule has 0 saturated carbocycles. The molecule has 1 saturated heterocycles. The molecule has 0 aliphatic carbocycles. The van der Waals surface area contributed by atoms with E-state index in [0.717, 1.165) is 23.2 Å². The van der Waals surface area contributed by atoms with Crippen LogP contribution in [-0.2, 0) is 22.2 Å². The van der Waals surface area contributed by atoms with Crippen LogP contribution in [0.15, 0.2) is 78.9 Å². The van der Waals surface area contributed by atoms with E-state index in [1.165, 1.54) is 10.4 Å². The fourth-order valence-electron chi connectivity index (χ4n) is 4.11. The number of hydrogen-bond acceptors (Lipinski definition) is 6. The summed E-state index contributed by atoms with van der Waals surface area (Å²) in [6, 6.07) is 24.2. The lowest BCUT2D eigenvalue weighted by atomic mass is 10.1. The van der Waals surface area contributed by atoms with Crippen LogP contribution >= 0.6 is 0 Å². The summed E-state index contributed by atoms with van der Waals surface area (Å²) in [7, 11) is -3.40. The number of nitro benzene ring substituents is 1. The maximum absolute atomic E-state index is 12.8. The van der Waals surface area contributed by atoms with Crippen LogP contribution in [0.1, 0.15) is 11.1 Å². The zero-order chi connectivity index (χ0) is 24.0. The first-order valence-electron chi connectivity index (χ1n) is 11.3. The fraction of sp³-hybridized carbons (Fsp3) is 0.280. The van der Waals surface area contributed by atoms with Crippen molar-refractivity contribution in [3.8, 4) is 0 Å². The highest BCUT2D eigenvalue weighted by atomic mass is 32.2. The van der Waals surface area contributed by atoms with Crippen LogP contribution in [0.2, 0.25) is 0 Å². The van der Waals surface area contributed by atoms with E-state index < -0.39 is 10.0 Å². The molecule has 0 amide bonds. The Morgan fingerprint density at radius 2 is 1.47 bits per heavy atom. The van der Waals surface area contributed by atoms with Crippen molar-refractivity contribution in [2.45, 2.75) is 12.2 Å². The SMILES string of the molecule is O=[N+]([O-])c1ccc(N2CCN(S(=O)(=O)Cc3ccccc3)CC2)cc1NCCc1ccccc1. The molecule has 1 N–H and O–H groups in total. The predicted molar refractivity (Wildman–Crippen MR) is 135 cm³/mol. The lowest BCUT2D eigenvalue weighted by molar-refractivity contribution is -0.383. The lowest BCUT2D eigenvalue weighted by Crippen LogP contribution is -2.49. The van der Waals surface area contributed by atoms with Gasteiger partial charge in [-0.25, -0.2) is 8.42 Å². The molecule has 1 aliphatic rings. The largest absolute Gasteiger partial charge is 0.379 e. The van der Waals surface area contributed by atoms with E-state index >= 15 is 0 Å². The van der Waals surface area contributed by atoms with Gasteiger partial charge in [0.25, 0.3) is 5.69 Å². The Morgan fingerprint density at radius 1 is 0.853 bits per heavy atom. The second kappa shape index (κ2) is 10.7. The van der Waals surface area contributed by atoms with Crippen LogP contribution < -0.4 is 10.2 Å². The average molecular weight is 481 g/mol. The molecule has 0 aromatic heterocycles. The summed E-state index contributed by atoms with van der Waals surface area (Å²) < 4.78 is 27.2. The van der Waals surface area contributed by atoms with E-state index in [0.29, 0.717) is 38.4 Å². The summed E-state index contributed by atoms with van der Waals surface area (Å²) in [5, 5.41) is 14.7. The highest BCUT2D eigenvalue weighted by molar-refractivity contribution is 7.88. The molecule has 1 heterocycles. The van der Waals surface area contributed by atoms with Gasteiger partial charge >= 0.3 is 0 Å². The van der Waals surface area contributed by atoms with E-state index in [1.807, 2.05) is 60.7 Å². The molecule has 0 atom stereocenters. The molecule has 0 radical (unpaired) electrons. The summed E-state index contributed by atoms with van der Waals surface area (Å²) in [6.07, 6.45) is 0.750. The van der Waals surface area contributed by atoms with Crippen LogP contribution in [0.25, 0.3) is 0 Å². The number of sulfonamides is 1. The molecule has 1 aliphatic heterocycles. The zero-order valence-corrected chi connectivity index (χ0v) is 19.7. The Kier molecular flexibility index (Phi) is 7.44. The molecule has 3 aromatic carbocycles. The molecule has 8 nitrogen and oxygen atoms in total. The molecule has 0 bridgehead atoms. The third-order valence-corrected chi connectivity index (χ3v) is 7.79. The Hall–Kier alpha value is -3.43. The van der Waals surface area contributed by atoms with Crippen molar-refractivity contribution in [2.24, 2.45) is 0 Å². The maximum atomic E-state index is 12.8. The normalized spacial score (nSPS) is 14.6. The van der Waals surface area contributed by atoms with Gasteiger partial charge in [-0.2, -0.15) is 4.31 Å². The quantitative estimate of drug-likeness (QED) is 0.369. The summed E-state index contributed by atoms with van der Waals surface area (Å²) in [5.41, 5.74) is 3.26. The van der Waals surface area contributed by atoms with Gasteiger partial charge in [0.1, 0.15) is 5.69 Å². The molecule has 4 rings (SSSR count). The Labute approximate surface area is 200 Å². The van der Waals surface area contributed by atoms with Crippen LogP contribution in [0, 0.1) is 10.1 Å². The molecule has 9 heteroatoms. The third-order valence-electron chi connectivity index (χ3n) is 5.94. The topological polar surface area (TPSA) is 95.8 Å². The van der Waals surface area contributed by atoms with Crippen LogP contribution in [0.3, 0.4) is 0 Å². The smallest absolute Gasteiger partial charge is 0.292 e. The zero-order valence-electron chi connectivity index (χ0n) is 18.8. The highest BCUT2D eigenvalue weighted by Gasteiger charge is 2.28. The second-order valence-electron chi connectivity index (χ2n) is 8.25. The van der Waals surface area contributed by atoms with Gasteiger partial charge < -0.3 is 10.2 Å². The van der Waals surface area contributed by atoms with Gasteiger partial charge in [0.15, 0.2) is 0 Å². The van der Waals surface area contributed by atoms with Crippen LogP contribution in [0.4, 0.5) is 17.1 Å². The summed E-state index contributed by atoms with van der Waals surface area (Å²) in [6.45, 7) is 2.37. The van der Waals surface area contributed by atoms with E-state index in [4.69, 9.17) is 0 Å². The monoisotopic (exact) mass is 480 g/mol. The van der Waals surface area contributed by atoms with Gasteiger partial charge in [-0.1, -0.05) is 60.7 Å². The van der Waals surface area contributed by atoms with Gasteiger partial charge in [0.2, 0.25) is 10.0 Å². The molecular formula is C25H28N4O4S. The number of anilines is 2. The van der Waals surface area contributed by atoms with E-state index in [-0.39, 0.29) is 16.4 Å². The van der Waals surface area contributed by atoms with Gasteiger partial charge in [-0.05, 0) is 29.7 Å². The fourth-order valence-corrected chi connectivity index (χ4v) is 5.62. The number of rotatable bonds is 9. The number of nitrogens with one attached hydrogen (secondary N) is 1. The number of hydrogen-bond donors (Lipinski definition) is 1. The van der Waals surface area contributed by atoms with Crippen LogP contribution in [-0.4, -0.2) is 50.4 Å². The van der Waals surface area contributed by atoms with E-state index in [9.17, 15) is 18.5 Å². The summed E-state index contributed by atoms with van der Waals surface area (Å²) in [5.74, 6) is -0.0130. The Morgan fingerprint density at radius 3 is 2.09 bits per heavy atom. The Bertz CT molecular complexity index is 1210. The standard InChI is InChI=1S/C25H28N4O4S/c30-29(31)25-12-11-23(19-24(25)26-14-13-21-7-3-1-4-8-21)27-15-17-28(18-16-27)34(32,33)20-22-9-5-2-6-10-22/h1-12,19,26H,13-18,20H2. The summed E-state index contributed by atoms with van der Waals surface area (Å²) >= 11 is 0. The first kappa shape index (κ1) is 23.7. The van der Waals surface area contributed by atoms with Crippen molar-refractivity contribution >= 4 is 27.1 Å². The maximum Gasteiger partial charge on any atom is 0.292 e. The lowest BCUT2D eigenvalue weighted by Gasteiger charge is -2.35. The van der Waals surface area contributed by atoms with Crippen molar-refractivity contribution in [3.05, 3.63) is 100 Å². The average Bonchev–Trinajstić information content (AvgIpc) is 2.85. The molecule has 0 spiro atoms. The number of nitro groups is 1. The molecule has 3 aromatic rings. The highest BCUT2D eigenvalue weighted by Crippen LogP contribution is 2.30. The minimum absolute atomic E-state index is 0.0130. The second-order valence-corrected chi connectivity index (χ2v) is 10.2. The van der Waals surface area contributed by atoms with Crippen molar-refractivity contribution in [1.29, 1.82) is 0 Å². The minimum atomic E-state index is -3.40. The molecular weight excluding hydrogens is 452 g/mol. The van der Waals surface area contributed by atoms with Crippen LogP contribution in [0.5, 0.6) is 0 Å². The molecule has 0 unspecified atom stereocenters. The minimum Gasteiger partial charge on any atom is -0.379 e. The molecule has 178 valence electrons. The van der Waals surface area contributed by atoms with Crippen molar-refractivity contribution in [2.75, 3.05) is 42.9 Å². The van der Waals surface area contributed by atoms with Crippen molar-refractivity contribution in [1.82, 2.24) is 4.31 Å². The van der Waals surface area contributed by atoms with Gasteiger partial charge in [-0.15, -0.1) is 0 Å². The molecule has 1 fully saturated rings. The van der Waals surface area contributed by atoms with E-state index in [1.54, 1.807) is 12.1 Å². The van der Waals surface area contributed by atoms with Gasteiger partial charge in [0, 0.05) is 44.5 Å². The number of nitrogens with zero attached hydrogens (tertiary/aromatic N) is 3. The predicted octanol–water partition coefficient (Wildman–Crippen LogP) is 3.90. The van der Waals surface area contributed by atoms with Crippen molar-refractivity contribution < 1.29 is 13.3 Å². The molecule has 34 heavy (non-hydrogen) atoms. The summed E-state index contributed by atoms with van der Waals surface area (Å²) in [4.78, 5) is 13.2. The van der Waals surface area contributed by atoms with Gasteiger partial charge in [-0.3, -0.25) is 10.1 Å². The van der Waals surface area contributed by atoms with Gasteiger partial charge in [0.05, 0.1) is 10.7 Å².